The number of aliphatic hydroxyl groups is 1. The van der Waals surface area contributed by atoms with Crippen molar-refractivity contribution in [3.05, 3.63) is 71.5 Å². The van der Waals surface area contributed by atoms with Gasteiger partial charge in [0.1, 0.15) is 11.3 Å². The molecule has 2 aromatic carbocycles. The normalized spacial score (nSPS) is 11.0. The zero-order chi connectivity index (χ0) is 20.2. The van der Waals surface area contributed by atoms with Gasteiger partial charge in [-0.05, 0) is 17.2 Å². The lowest BCUT2D eigenvalue weighted by atomic mass is 10.1. The van der Waals surface area contributed by atoms with Crippen molar-refractivity contribution in [1.82, 2.24) is 19.5 Å². The predicted molar refractivity (Wildman–Crippen MR) is 112 cm³/mol. The molecule has 2 heterocycles. The van der Waals surface area contributed by atoms with Crippen LogP contribution in [0, 0.1) is 0 Å². The fourth-order valence-corrected chi connectivity index (χ4v) is 3.22. The maximum Gasteiger partial charge on any atom is 0.224 e. The molecule has 0 radical (unpaired) electrons. The number of aliphatic hydroxyl groups excluding tert-OH is 1. The van der Waals surface area contributed by atoms with Gasteiger partial charge in [-0.1, -0.05) is 42.5 Å². The molecule has 0 saturated carbocycles. The van der Waals surface area contributed by atoms with Gasteiger partial charge in [0.25, 0.3) is 0 Å². The number of nitrogens with zero attached hydrogens (tertiary/aromatic N) is 4. The quantitative estimate of drug-likeness (QED) is 0.445. The molecule has 148 valence electrons. The summed E-state index contributed by atoms with van der Waals surface area (Å²) < 4.78 is 7.45. The van der Waals surface area contributed by atoms with Crippen LogP contribution in [-0.4, -0.2) is 31.7 Å². The van der Waals surface area contributed by atoms with E-state index in [1.807, 2.05) is 53.1 Å². The summed E-state index contributed by atoms with van der Waals surface area (Å²) in [6, 6.07) is 15.7. The lowest BCUT2D eigenvalue weighted by Gasteiger charge is -2.13. The maximum atomic E-state index is 9.35. The molecule has 0 unspecified atom stereocenters. The smallest absolute Gasteiger partial charge is 0.224 e. The van der Waals surface area contributed by atoms with Crippen LogP contribution in [0.15, 0.2) is 54.9 Å². The molecule has 29 heavy (non-hydrogen) atoms. The van der Waals surface area contributed by atoms with Crippen LogP contribution in [0.3, 0.4) is 0 Å². The molecule has 0 atom stereocenters. The summed E-state index contributed by atoms with van der Waals surface area (Å²) >= 11 is 0. The second-order valence-electron chi connectivity index (χ2n) is 6.62. The van der Waals surface area contributed by atoms with E-state index in [2.05, 4.69) is 20.3 Å². The molecule has 0 aliphatic heterocycles. The average molecular weight is 390 g/mol. The standard InChI is InChI=1S/C21H22N6O2/c1-29-17-9-15(12-28)7-8-16(17)11-27-13-24-20-18(27)19(25-21(22)26-20)23-10-14-5-3-2-4-6-14/h2-9,13,28H,10-12H2,1H3,(H3,22,23,25,26). The Morgan fingerprint density at radius 1 is 1.10 bits per heavy atom. The van der Waals surface area contributed by atoms with Crippen LogP contribution in [0.5, 0.6) is 5.75 Å². The average Bonchev–Trinajstić information content (AvgIpc) is 3.15. The molecule has 4 aromatic rings. The third-order valence-corrected chi connectivity index (χ3v) is 4.67. The van der Waals surface area contributed by atoms with Crippen molar-refractivity contribution < 1.29 is 9.84 Å². The number of ether oxygens (including phenoxy) is 1. The topological polar surface area (TPSA) is 111 Å². The Hall–Kier alpha value is -3.65. The van der Waals surface area contributed by atoms with Crippen molar-refractivity contribution in [2.75, 3.05) is 18.2 Å². The lowest BCUT2D eigenvalue weighted by Crippen LogP contribution is -2.08. The van der Waals surface area contributed by atoms with Crippen LogP contribution in [-0.2, 0) is 19.7 Å². The summed E-state index contributed by atoms with van der Waals surface area (Å²) in [4.78, 5) is 13.0. The van der Waals surface area contributed by atoms with E-state index in [0.29, 0.717) is 30.3 Å². The lowest BCUT2D eigenvalue weighted by molar-refractivity contribution is 0.281. The molecule has 4 rings (SSSR count). The van der Waals surface area contributed by atoms with E-state index in [-0.39, 0.29) is 12.6 Å². The molecule has 0 aliphatic rings. The largest absolute Gasteiger partial charge is 0.496 e. The third-order valence-electron chi connectivity index (χ3n) is 4.67. The molecular weight excluding hydrogens is 368 g/mol. The molecule has 0 aliphatic carbocycles. The van der Waals surface area contributed by atoms with Gasteiger partial charge in [-0.25, -0.2) is 4.98 Å². The number of nitrogen functional groups attached to an aromatic ring is 1. The summed E-state index contributed by atoms with van der Waals surface area (Å²) in [5.41, 5.74) is 10.0. The number of benzene rings is 2. The van der Waals surface area contributed by atoms with Gasteiger partial charge in [0.2, 0.25) is 5.95 Å². The second kappa shape index (κ2) is 8.15. The molecule has 0 fully saturated rings. The molecule has 0 amide bonds. The van der Waals surface area contributed by atoms with Crippen molar-refractivity contribution in [2.45, 2.75) is 19.7 Å². The van der Waals surface area contributed by atoms with Gasteiger partial charge in [-0.3, -0.25) is 0 Å². The molecule has 0 spiro atoms. The molecule has 8 heteroatoms. The highest BCUT2D eigenvalue weighted by molar-refractivity contribution is 5.84. The first-order valence-corrected chi connectivity index (χ1v) is 9.20. The van der Waals surface area contributed by atoms with Crippen LogP contribution < -0.4 is 15.8 Å². The highest BCUT2D eigenvalue weighted by Crippen LogP contribution is 2.26. The van der Waals surface area contributed by atoms with Crippen molar-refractivity contribution in [3.63, 3.8) is 0 Å². The summed E-state index contributed by atoms with van der Waals surface area (Å²) in [7, 11) is 1.61. The van der Waals surface area contributed by atoms with E-state index < -0.39 is 0 Å². The SMILES string of the molecule is COc1cc(CO)ccc1Cn1cnc2nc(N)nc(NCc3ccccc3)c21. The monoisotopic (exact) mass is 390 g/mol. The number of hydrogen-bond donors (Lipinski definition) is 3. The minimum absolute atomic E-state index is 0.0364. The summed E-state index contributed by atoms with van der Waals surface area (Å²) in [5, 5.41) is 12.7. The van der Waals surface area contributed by atoms with Crippen molar-refractivity contribution in [2.24, 2.45) is 0 Å². The molecule has 0 bridgehead atoms. The number of nitrogens with one attached hydrogen (secondary N) is 1. The predicted octanol–water partition coefficient (Wildman–Crippen LogP) is 2.57. The molecule has 8 nitrogen and oxygen atoms in total. The van der Waals surface area contributed by atoms with E-state index in [1.165, 1.54) is 0 Å². The number of anilines is 2. The number of methoxy groups -OCH3 is 1. The van der Waals surface area contributed by atoms with E-state index in [9.17, 15) is 5.11 Å². The number of hydrogen-bond acceptors (Lipinski definition) is 7. The van der Waals surface area contributed by atoms with Crippen LogP contribution in [0.2, 0.25) is 0 Å². The Balaban J connectivity index is 1.69. The van der Waals surface area contributed by atoms with Gasteiger partial charge in [0.05, 0.1) is 26.6 Å². The minimum Gasteiger partial charge on any atom is -0.496 e. The fourth-order valence-electron chi connectivity index (χ4n) is 3.22. The number of nitrogens with two attached hydrogens (primary N) is 1. The van der Waals surface area contributed by atoms with Crippen molar-refractivity contribution >= 4 is 22.9 Å². The Morgan fingerprint density at radius 2 is 1.93 bits per heavy atom. The number of imidazole rings is 1. The van der Waals surface area contributed by atoms with E-state index in [1.54, 1.807) is 13.4 Å². The fraction of sp³-hybridized carbons (Fsp3) is 0.190. The van der Waals surface area contributed by atoms with Crippen LogP contribution >= 0.6 is 0 Å². The zero-order valence-corrected chi connectivity index (χ0v) is 16.0. The second-order valence-corrected chi connectivity index (χ2v) is 6.62. The Labute approximate surface area is 168 Å². The number of aromatic nitrogens is 4. The molecular formula is C21H22N6O2. The van der Waals surface area contributed by atoms with Gasteiger partial charge in [0, 0.05) is 12.1 Å². The van der Waals surface area contributed by atoms with E-state index in [4.69, 9.17) is 10.5 Å². The maximum absolute atomic E-state index is 9.35. The van der Waals surface area contributed by atoms with E-state index >= 15 is 0 Å². The van der Waals surface area contributed by atoms with Crippen LogP contribution in [0.25, 0.3) is 11.2 Å². The van der Waals surface area contributed by atoms with Crippen molar-refractivity contribution in [3.8, 4) is 5.75 Å². The van der Waals surface area contributed by atoms with Crippen LogP contribution in [0.1, 0.15) is 16.7 Å². The Bertz CT molecular complexity index is 1130. The van der Waals surface area contributed by atoms with Gasteiger partial charge in [-0.2, -0.15) is 9.97 Å². The first-order chi connectivity index (χ1) is 14.2. The van der Waals surface area contributed by atoms with Crippen LogP contribution in [0.4, 0.5) is 11.8 Å². The van der Waals surface area contributed by atoms with Gasteiger partial charge in [-0.15, -0.1) is 0 Å². The van der Waals surface area contributed by atoms with Gasteiger partial charge < -0.3 is 25.5 Å². The third kappa shape index (κ3) is 3.97. The summed E-state index contributed by atoms with van der Waals surface area (Å²) in [5.74, 6) is 1.50. The van der Waals surface area contributed by atoms with Gasteiger partial charge in [0.15, 0.2) is 11.5 Å². The van der Waals surface area contributed by atoms with Crippen molar-refractivity contribution in [1.29, 1.82) is 0 Å². The highest BCUT2D eigenvalue weighted by Gasteiger charge is 2.14. The first-order valence-electron chi connectivity index (χ1n) is 9.20. The number of fused-ring (bicyclic) bond motifs is 1. The first kappa shape index (κ1) is 18.7. The molecule has 4 N–H and O–H groups in total. The molecule has 2 aromatic heterocycles. The summed E-state index contributed by atoms with van der Waals surface area (Å²) in [6.45, 7) is 1.08. The highest BCUT2D eigenvalue weighted by atomic mass is 16.5. The zero-order valence-electron chi connectivity index (χ0n) is 16.0. The summed E-state index contributed by atoms with van der Waals surface area (Å²) in [6.07, 6.45) is 1.71. The van der Waals surface area contributed by atoms with Gasteiger partial charge >= 0.3 is 0 Å². The van der Waals surface area contributed by atoms with E-state index in [0.717, 1.165) is 22.2 Å². The minimum atomic E-state index is -0.0364. The Kier molecular flexibility index (Phi) is 5.26. The Morgan fingerprint density at radius 3 is 2.69 bits per heavy atom. The number of rotatable bonds is 7. The molecule has 0 saturated heterocycles.